The van der Waals surface area contributed by atoms with Gasteiger partial charge >= 0.3 is 23.9 Å². The lowest BCUT2D eigenvalue weighted by atomic mass is 9.55. The monoisotopic (exact) mass is 511 g/mol. The van der Waals surface area contributed by atoms with Crippen LogP contribution in [0.15, 0.2) is 42.5 Å². The average molecular weight is 512 g/mol. The summed E-state index contributed by atoms with van der Waals surface area (Å²) in [6, 6.07) is 13.3. The maximum absolute atomic E-state index is 13.6. The van der Waals surface area contributed by atoms with E-state index in [2.05, 4.69) is 0 Å². The number of carbonyl (C=O) groups is 4. The second kappa shape index (κ2) is 11.0. The van der Waals surface area contributed by atoms with Crippen molar-refractivity contribution in [1.82, 2.24) is 0 Å². The van der Waals surface area contributed by atoms with E-state index in [0.717, 1.165) is 50.8 Å². The van der Waals surface area contributed by atoms with Gasteiger partial charge in [0.05, 0.1) is 28.4 Å². The first-order valence-corrected chi connectivity index (χ1v) is 11.8. The molecule has 2 aromatic rings. The van der Waals surface area contributed by atoms with Gasteiger partial charge < -0.3 is 23.8 Å². The summed E-state index contributed by atoms with van der Waals surface area (Å²) < 4.78 is 20.3. The minimum Gasteiger partial charge on any atom is -0.468 e. The lowest BCUT2D eigenvalue weighted by Crippen LogP contribution is -2.54. The molecule has 0 radical (unpaired) electrons. The molecule has 3 rings (SSSR count). The molecule has 0 aromatic heterocycles. The molecule has 2 aromatic carbocycles. The van der Waals surface area contributed by atoms with E-state index < -0.39 is 47.0 Å². The highest BCUT2D eigenvalue weighted by Gasteiger charge is 2.64. The number of carbonyl (C=O) groups excluding carboxylic acids is 4. The van der Waals surface area contributed by atoms with Crippen molar-refractivity contribution in [2.24, 2.45) is 11.3 Å². The number of rotatable bonds is 7. The van der Waals surface area contributed by atoms with Crippen molar-refractivity contribution in [2.45, 2.75) is 25.2 Å². The van der Waals surface area contributed by atoms with E-state index >= 15 is 0 Å². The minimum atomic E-state index is -2.05. The van der Waals surface area contributed by atoms with Crippen LogP contribution in [0.2, 0.25) is 0 Å². The molecular formula is C28H33NO8. The quantitative estimate of drug-likeness (QED) is 0.315. The largest absolute Gasteiger partial charge is 0.468 e. The predicted molar refractivity (Wildman–Crippen MR) is 135 cm³/mol. The molecule has 0 unspecified atom stereocenters. The molecular weight excluding hydrogens is 478 g/mol. The zero-order chi connectivity index (χ0) is 27.5. The third-order valence-electron chi connectivity index (χ3n) is 7.18. The first kappa shape index (κ1) is 27.7. The Balaban J connectivity index is 2.49. The average Bonchev–Trinajstić information content (AvgIpc) is 2.91. The van der Waals surface area contributed by atoms with Crippen LogP contribution in [0.5, 0.6) is 0 Å². The second-order valence-corrected chi connectivity index (χ2v) is 9.33. The topological polar surface area (TPSA) is 108 Å². The van der Waals surface area contributed by atoms with Crippen molar-refractivity contribution < 1.29 is 38.1 Å². The molecule has 1 aliphatic carbocycles. The van der Waals surface area contributed by atoms with Crippen LogP contribution in [0.1, 0.15) is 40.5 Å². The SMILES string of the molecule is COC(=O)C(C(=O)OC)[C@@H]1c2cc(N(C)C)ccc2[C@H](c2ccc(C)cc2)CC1(C(=O)OC)C(=O)OC. The Morgan fingerprint density at radius 1 is 0.811 bits per heavy atom. The van der Waals surface area contributed by atoms with Gasteiger partial charge in [0.1, 0.15) is 0 Å². The van der Waals surface area contributed by atoms with Gasteiger partial charge in [-0.3, -0.25) is 19.2 Å². The van der Waals surface area contributed by atoms with Crippen LogP contribution in [-0.4, -0.2) is 66.4 Å². The standard InChI is InChI=1S/C28H33NO8/c1-16-8-10-17(11-9-16)21-15-28(26(32)36-6,27(33)37-7)23(22(24(30)34-4)25(31)35-5)20-14-18(29(2)3)12-13-19(20)21/h8-14,21-23H,15H2,1-7H3/t21-,23-/m0/s1. The maximum atomic E-state index is 13.6. The molecule has 1 aliphatic rings. The van der Waals surface area contributed by atoms with Crippen molar-refractivity contribution in [3.63, 3.8) is 0 Å². The van der Waals surface area contributed by atoms with Crippen LogP contribution in [-0.2, 0) is 38.1 Å². The molecule has 0 spiro atoms. The van der Waals surface area contributed by atoms with Gasteiger partial charge in [-0.05, 0) is 42.2 Å². The zero-order valence-electron chi connectivity index (χ0n) is 22.2. The molecule has 0 N–H and O–H groups in total. The Bertz CT molecular complexity index is 1160. The third-order valence-corrected chi connectivity index (χ3v) is 7.18. The Kier molecular flexibility index (Phi) is 8.25. The molecule has 9 heteroatoms. The van der Waals surface area contributed by atoms with Gasteiger partial charge in [-0.15, -0.1) is 0 Å². The molecule has 37 heavy (non-hydrogen) atoms. The summed E-state index contributed by atoms with van der Waals surface area (Å²) in [5.41, 5.74) is 1.81. The lowest BCUT2D eigenvalue weighted by molar-refractivity contribution is -0.177. The van der Waals surface area contributed by atoms with Gasteiger partial charge in [-0.1, -0.05) is 35.9 Å². The summed E-state index contributed by atoms with van der Waals surface area (Å²) >= 11 is 0. The number of fused-ring (bicyclic) bond motifs is 1. The van der Waals surface area contributed by atoms with Crippen molar-refractivity contribution in [3.05, 3.63) is 64.7 Å². The molecule has 0 saturated carbocycles. The van der Waals surface area contributed by atoms with Crippen molar-refractivity contribution in [1.29, 1.82) is 0 Å². The highest BCUT2D eigenvalue weighted by molar-refractivity contribution is 6.05. The summed E-state index contributed by atoms with van der Waals surface area (Å²) in [6.07, 6.45) is -0.0983. The highest BCUT2D eigenvalue weighted by atomic mass is 16.6. The fourth-order valence-electron chi connectivity index (χ4n) is 5.30. The minimum absolute atomic E-state index is 0.0983. The van der Waals surface area contributed by atoms with E-state index in [1.54, 1.807) is 6.07 Å². The predicted octanol–water partition coefficient (Wildman–Crippen LogP) is 2.97. The molecule has 0 fully saturated rings. The normalized spacial score (nSPS) is 17.8. The summed E-state index contributed by atoms with van der Waals surface area (Å²) in [5, 5.41) is 0. The second-order valence-electron chi connectivity index (χ2n) is 9.33. The maximum Gasteiger partial charge on any atom is 0.323 e. The number of ether oxygens (including phenoxy) is 4. The molecule has 9 nitrogen and oxygen atoms in total. The van der Waals surface area contributed by atoms with Gasteiger partial charge in [-0.2, -0.15) is 0 Å². The third kappa shape index (κ3) is 4.77. The summed E-state index contributed by atoms with van der Waals surface area (Å²) in [4.78, 5) is 55.3. The molecule has 0 amide bonds. The number of methoxy groups -OCH3 is 4. The van der Waals surface area contributed by atoms with Gasteiger partial charge in [0.15, 0.2) is 11.3 Å². The Morgan fingerprint density at radius 2 is 1.35 bits per heavy atom. The number of nitrogens with zero attached hydrogens (tertiary/aromatic N) is 1. The molecule has 0 heterocycles. The number of esters is 4. The Hall–Kier alpha value is -3.88. The van der Waals surface area contributed by atoms with E-state index in [-0.39, 0.29) is 6.42 Å². The Labute approximate surface area is 216 Å². The van der Waals surface area contributed by atoms with Crippen LogP contribution in [0.25, 0.3) is 0 Å². The lowest BCUT2D eigenvalue weighted by Gasteiger charge is -2.45. The Morgan fingerprint density at radius 3 is 1.81 bits per heavy atom. The summed E-state index contributed by atoms with van der Waals surface area (Å²) in [5.74, 6) is -7.11. The number of anilines is 1. The van der Waals surface area contributed by atoms with E-state index in [1.165, 1.54) is 0 Å². The molecule has 0 bridgehead atoms. The first-order chi connectivity index (χ1) is 17.6. The van der Waals surface area contributed by atoms with Crippen molar-refractivity contribution in [3.8, 4) is 0 Å². The number of benzene rings is 2. The fourth-order valence-corrected chi connectivity index (χ4v) is 5.30. The molecule has 2 atom stereocenters. The van der Waals surface area contributed by atoms with Crippen LogP contribution >= 0.6 is 0 Å². The number of hydrogen-bond donors (Lipinski definition) is 0. The number of hydrogen-bond acceptors (Lipinski definition) is 9. The van der Waals surface area contributed by atoms with Gasteiger partial charge in [-0.25, -0.2) is 0 Å². The van der Waals surface area contributed by atoms with E-state index in [0.29, 0.717) is 5.56 Å². The zero-order valence-corrected chi connectivity index (χ0v) is 22.2. The summed E-state index contributed by atoms with van der Waals surface area (Å²) in [6.45, 7) is 1.96. The van der Waals surface area contributed by atoms with Crippen LogP contribution in [0, 0.1) is 18.3 Å². The summed E-state index contributed by atoms with van der Waals surface area (Å²) in [7, 11) is 8.24. The van der Waals surface area contributed by atoms with Gasteiger partial charge in [0.25, 0.3) is 0 Å². The van der Waals surface area contributed by atoms with E-state index in [9.17, 15) is 19.2 Å². The fraction of sp³-hybridized carbons (Fsp3) is 0.429. The van der Waals surface area contributed by atoms with Crippen LogP contribution in [0.3, 0.4) is 0 Å². The molecule has 0 aliphatic heterocycles. The van der Waals surface area contributed by atoms with Crippen LogP contribution < -0.4 is 4.90 Å². The first-order valence-electron chi connectivity index (χ1n) is 11.8. The van der Waals surface area contributed by atoms with Crippen molar-refractivity contribution >= 4 is 29.6 Å². The van der Waals surface area contributed by atoms with Crippen LogP contribution in [0.4, 0.5) is 5.69 Å². The van der Waals surface area contributed by atoms with Gasteiger partial charge in [0.2, 0.25) is 0 Å². The number of aryl methyl sites for hydroxylation is 1. The molecule has 198 valence electrons. The van der Waals surface area contributed by atoms with E-state index in [4.69, 9.17) is 18.9 Å². The highest BCUT2D eigenvalue weighted by Crippen LogP contribution is 2.57. The smallest absolute Gasteiger partial charge is 0.323 e. The molecule has 0 saturated heterocycles. The van der Waals surface area contributed by atoms with Gasteiger partial charge in [0, 0.05) is 31.6 Å². The van der Waals surface area contributed by atoms with Crippen molar-refractivity contribution in [2.75, 3.05) is 47.4 Å². The van der Waals surface area contributed by atoms with E-state index in [1.807, 2.05) is 62.3 Å².